The van der Waals surface area contributed by atoms with Crippen molar-refractivity contribution in [3.63, 3.8) is 0 Å². The van der Waals surface area contributed by atoms with Crippen LogP contribution < -0.4 is 10.1 Å². The summed E-state index contributed by atoms with van der Waals surface area (Å²) in [5, 5.41) is 12.6. The van der Waals surface area contributed by atoms with E-state index in [1.807, 2.05) is 0 Å². The Hall–Kier alpha value is -2.39. The summed E-state index contributed by atoms with van der Waals surface area (Å²) >= 11 is 0. The molecule has 0 bridgehead atoms. The quantitative estimate of drug-likeness (QED) is 0.670. The lowest BCUT2D eigenvalue weighted by atomic mass is 10.1. The highest BCUT2D eigenvalue weighted by molar-refractivity contribution is 5.81. The van der Waals surface area contributed by atoms with E-state index in [2.05, 4.69) is 10.3 Å². The lowest BCUT2D eigenvalue weighted by Gasteiger charge is -2.26. The van der Waals surface area contributed by atoms with Gasteiger partial charge in [0.25, 0.3) is 0 Å². The zero-order valence-corrected chi connectivity index (χ0v) is 18.7. The molecule has 1 unspecified atom stereocenters. The molecule has 2 atom stereocenters. The highest BCUT2D eigenvalue weighted by Gasteiger charge is 2.30. The molecular weight excluding hydrogens is 392 g/mol. The standard InChI is InChI=1S/C21H32N2O7/c1-12-16(15-13(10-22-12)11-28-18(15)25)27-9-8-14(17(24)29-20(2,3)4)23-19(26)30-21(5,6)7/h10,14,18,25H,8-9,11H2,1-7H3,(H,23,26)/t14-,18?/m0/s1. The maximum atomic E-state index is 12.6. The van der Waals surface area contributed by atoms with Crippen LogP contribution in [0, 0.1) is 6.92 Å². The van der Waals surface area contributed by atoms with E-state index < -0.39 is 35.6 Å². The zero-order valence-electron chi connectivity index (χ0n) is 18.7. The normalized spacial score (nSPS) is 17.1. The predicted octanol–water partition coefficient (Wildman–Crippen LogP) is 2.92. The van der Waals surface area contributed by atoms with Crippen molar-refractivity contribution in [3.8, 4) is 5.75 Å². The van der Waals surface area contributed by atoms with Crippen LogP contribution in [0.25, 0.3) is 0 Å². The SMILES string of the molecule is Cc1ncc2c(c1OCC[C@H](NC(=O)OC(C)(C)C)C(=O)OC(C)(C)C)C(O)OC2. The first-order valence-electron chi connectivity index (χ1n) is 9.90. The highest BCUT2D eigenvalue weighted by atomic mass is 16.6. The number of carbonyl (C=O) groups excluding carboxylic acids is 2. The van der Waals surface area contributed by atoms with Gasteiger partial charge in [0.05, 0.1) is 24.5 Å². The fraction of sp³-hybridized carbons (Fsp3) is 0.667. The fourth-order valence-electron chi connectivity index (χ4n) is 2.81. The Kier molecular flexibility index (Phi) is 7.31. The number of fused-ring (bicyclic) bond motifs is 1. The second-order valence-electron chi connectivity index (χ2n) is 9.14. The van der Waals surface area contributed by atoms with Crippen molar-refractivity contribution >= 4 is 12.1 Å². The van der Waals surface area contributed by atoms with Crippen LogP contribution in [0.4, 0.5) is 4.79 Å². The Bertz CT molecular complexity index is 781. The second kappa shape index (κ2) is 9.18. The number of aliphatic hydroxyl groups is 1. The van der Waals surface area contributed by atoms with Crippen LogP contribution in [0.5, 0.6) is 5.75 Å². The van der Waals surface area contributed by atoms with Crippen molar-refractivity contribution in [1.82, 2.24) is 10.3 Å². The molecule has 0 spiro atoms. The van der Waals surface area contributed by atoms with Gasteiger partial charge in [0, 0.05) is 18.2 Å². The molecule has 2 N–H and O–H groups in total. The third kappa shape index (κ3) is 6.84. The minimum atomic E-state index is -1.08. The van der Waals surface area contributed by atoms with E-state index in [1.165, 1.54) is 0 Å². The van der Waals surface area contributed by atoms with Gasteiger partial charge in [-0.15, -0.1) is 0 Å². The topological polar surface area (TPSA) is 116 Å². The van der Waals surface area contributed by atoms with E-state index in [1.54, 1.807) is 54.7 Å². The molecule has 0 saturated carbocycles. The van der Waals surface area contributed by atoms with Crippen LogP contribution in [-0.4, -0.2) is 46.0 Å². The van der Waals surface area contributed by atoms with E-state index in [-0.39, 0.29) is 19.6 Å². The van der Waals surface area contributed by atoms with Crippen LogP contribution in [0.3, 0.4) is 0 Å². The molecule has 0 saturated heterocycles. The Morgan fingerprint density at radius 3 is 2.47 bits per heavy atom. The molecule has 168 valence electrons. The van der Waals surface area contributed by atoms with Crippen molar-refractivity contribution in [2.75, 3.05) is 6.61 Å². The Morgan fingerprint density at radius 2 is 1.87 bits per heavy atom. The van der Waals surface area contributed by atoms with Crippen molar-refractivity contribution in [1.29, 1.82) is 0 Å². The highest BCUT2D eigenvalue weighted by Crippen LogP contribution is 2.37. The van der Waals surface area contributed by atoms with E-state index in [9.17, 15) is 14.7 Å². The summed E-state index contributed by atoms with van der Waals surface area (Å²) in [6.45, 7) is 12.5. The number of aliphatic hydroxyl groups excluding tert-OH is 1. The van der Waals surface area contributed by atoms with Gasteiger partial charge in [-0.25, -0.2) is 9.59 Å². The van der Waals surface area contributed by atoms with Crippen molar-refractivity contribution in [3.05, 3.63) is 23.0 Å². The molecule has 0 radical (unpaired) electrons. The molecule has 1 aliphatic heterocycles. The predicted molar refractivity (Wildman–Crippen MR) is 108 cm³/mol. The molecule has 0 aliphatic carbocycles. The minimum Gasteiger partial charge on any atom is -0.491 e. The summed E-state index contributed by atoms with van der Waals surface area (Å²) in [5.41, 5.74) is 0.457. The number of nitrogens with zero attached hydrogens (tertiary/aromatic N) is 1. The number of nitrogens with one attached hydrogen (secondary N) is 1. The Balaban J connectivity index is 2.08. The molecule has 30 heavy (non-hydrogen) atoms. The Labute approximate surface area is 177 Å². The largest absolute Gasteiger partial charge is 0.491 e. The molecule has 2 rings (SSSR count). The van der Waals surface area contributed by atoms with Gasteiger partial charge in [-0.05, 0) is 48.5 Å². The van der Waals surface area contributed by atoms with Crippen LogP contribution in [0.2, 0.25) is 0 Å². The van der Waals surface area contributed by atoms with Gasteiger partial charge >= 0.3 is 12.1 Å². The molecule has 1 aromatic heterocycles. The van der Waals surface area contributed by atoms with Crippen LogP contribution in [0.1, 0.15) is 71.1 Å². The number of hydrogen-bond acceptors (Lipinski definition) is 8. The van der Waals surface area contributed by atoms with Gasteiger partial charge in [0.1, 0.15) is 23.0 Å². The van der Waals surface area contributed by atoms with Crippen molar-refractivity contribution in [2.24, 2.45) is 0 Å². The summed E-state index contributed by atoms with van der Waals surface area (Å²) < 4.78 is 21.7. The molecule has 1 aromatic rings. The lowest BCUT2D eigenvalue weighted by molar-refractivity contribution is -0.157. The summed E-state index contributed by atoms with van der Waals surface area (Å²) in [4.78, 5) is 29.0. The summed E-state index contributed by atoms with van der Waals surface area (Å²) in [6, 6.07) is -0.967. The number of esters is 1. The Morgan fingerprint density at radius 1 is 1.23 bits per heavy atom. The molecule has 0 fully saturated rings. The van der Waals surface area contributed by atoms with Crippen LogP contribution >= 0.6 is 0 Å². The van der Waals surface area contributed by atoms with Crippen molar-refractivity contribution < 1.29 is 33.6 Å². The minimum absolute atomic E-state index is 0.0748. The molecule has 0 aromatic carbocycles. The third-order valence-corrected chi connectivity index (χ3v) is 4.01. The first-order chi connectivity index (χ1) is 13.8. The number of aryl methyl sites for hydroxylation is 1. The van der Waals surface area contributed by atoms with Gasteiger partial charge in [-0.1, -0.05) is 0 Å². The van der Waals surface area contributed by atoms with Gasteiger partial charge < -0.3 is 29.4 Å². The lowest BCUT2D eigenvalue weighted by Crippen LogP contribution is -2.46. The monoisotopic (exact) mass is 424 g/mol. The first-order valence-corrected chi connectivity index (χ1v) is 9.90. The van der Waals surface area contributed by atoms with Crippen molar-refractivity contribution in [2.45, 2.75) is 85.0 Å². The summed E-state index contributed by atoms with van der Waals surface area (Å²) in [6.07, 6.45) is -0.0333. The number of alkyl carbamates (subject to hydrolysis) is 1. The fourth-order valence-corrected chi connectivity index (χ4v) is 2.81. The average Bonchev–Trinajstić information content (AvgIpc) is 2.94. The van der Waals surface area contributed by atoms with Gasteiger partial charge in [0.15, 0.2) is 6.29 Å². The molecule has 2 heterocycles. The van der Waals surface area contributed by atoms with E-state index >= 15 is 0 Å². The van der Waals surface area contributed by atoms with Gasteiger partial charge in [0.2, 0.25) is 0 Å². The second-order valence-corrected chi connectivity index (χ2v) is 9.14. The molecule has 1 aliphatic rings. The first kappa shape index (κ1) is 23.9. The number of carbonyl (C=O) groups is 2. The third-order valence-electron chi connectivity index (χ3n) is 4.01. The smallest absolute Gasteiger partial charge is 0.408 e. The summed E-state index contributed by atoms with van der Waals surface area (Å²) in [7, 11) is 0. The van der Waals surface area contributed by atoms with E-state index in [0.29, 0.717) is 17.0 Å². The molecule has 9 nitrogen and oxygen atoms in total. The number of pyridine rings is 1. The molecule has 1 amide bonds. The summed E-state index contributed by atoms with van der Waals surface area (Å²) in [5.74, 6) is -0.175. The van der Waals surface area contributed by atoms with E-state index in [0.717, 1.165) is 5.56 Å². The maximum absolute atomic E-state index is 12.6. The number of hydrogen-bond donors (Lipinski definition) is 2. The van der Waals surface area contributed by atoms with Crippen LogP contribution in [-0.2, 0) is 25.6 Å². The van der Waals surface area contributed by atoms with E-state index in [4.69, 9.17) is 18.9 Å². The van der Waals surface area contributed by atoms with Gasteiger partial charge in [-0.2, -0.15) is 0 Å². The zero-order chi connectivity index (χ0) is 22.7. The number of amides is 1. The molecule has 9 heteroatoms. The average molecular weight is 424 g/mol. The van der Waals surface area contributed by atoms with Crippen LogP contribution in [0.15, 0.2) is 6.20 Å². The molecular formula is C21H32N2O7. The number of ether oxygens (including phenoxy) is 4. The maximum Gasteiger partial charge on any atom is 0.408 e. The van der Waals surface area contributed by atoms with Gasteiger partial charge in [-0.3, -0.25) is 4.98 Å². The number of aromatic nitrogens is 1. The number of rotatable bonds is 6.